The average molecular weight is 251 g/mol. The summed E-state index contributed by atoms with van der Waals surface area (Å²) >= 11 is 0. The summed E-state index contributed by atoms with van der Waals surface area (Å²) in [4.78, 5) is 2.79. The molecule has 106 valence electrons. The van der Waals surface area contributed by atoms with Gasteiger partial charge in [0.15, 0.2) is 0 Å². The molecule has 0 aromatic heterocycles. The third-order valence-electron chi connectivity index (χ3n) is 5.88. The molecule has 2 unspecified atom stereocenters. The molecule has 1 aliphatic carbocycles. The minimum Gasteiger partial charge on any atom is -0.302 e. The van der Waals surface area contributed by atoms with Crippen LogP contribution in [0.2, 0.25) is 0 Å². The summed E-state index contributed by atoms with van der Waals surface area (Å²) in [6.45, 7) is 16.2. The van der Waals surface area contributed by atoms with Crippen LogP contribution in [0.15, 0.2) is 0 Å². The lowest BCUT2D eigenvalue weighted by Crippen LogP contribution is -2.42. The molecule has 2 rings (SSSR count). The van der Waals surface area contributed by atoms with Gasteiger partial charge in [-0.1, -0.05) is 34.6 Å². The Morgan fingerprint density at radius 2 is 1.78 bits per heavy atom. The molecule has 1 aliphatic heterocycles. The summed E-state index contributed by atoms with van der Waals surface area (Å²) in [7, 11) is 0. The van der Waals surface area contributed by atoms with Gasteiger partial charge in [0.25, 0.3) is 0 Å². The van der Waals surface area contributed by atoms with Crippen molar-refractivity contribution >= 4 is 0 Å². The molecule has 18 heavy (non-hydrogen) atoms. The first-order valence-electron chi connectivity index (χ1n) is 8.17. The van der Waals surface area contributed by atoms with Crippen molar-refractivity contribution < 1.29 is 0 Å². The van der Waals surface area contributed by atoms with Gasteiger partial charge in [-0.05, 0) is 61.3 Å². The second-order valence-electron chi connectivity index (χ2n) is 7.78. The van der Waals surface area contributed by atoms with Crippen molar-refractivity contribution in [3.63, 3.8) is 0 Å². The van der Waals surface area contributed by atoms with Crippen LogP contribution in [-0.2, 0) is 0 Å². The summed E-state index contributed by atoms with van der Waals surface area (Å²) < 4.78 is 0. The number of piperidine rings is 1. The quantitative estimate of drug-likeness (QED) is 0.699. The Hall–Kier alpha value is -0.0400. The fourth-order valence-corrected chi connectivity index (χ4v) is 3.85. The smallest absolute Gasteiger partial charge is 0.00407 e. The van der Waals surface area contributed by atoms with E-state index in [0.29, 0.717) is 5.41 Å². The van der Waals surface area contributed by atoms with Gasteiger partial charge in [-0.3, -0.25) is 0 Å². The second kappa shape index (κ2) is 5.53. The van der Waals surface area contributed by atoms with Crippen molar-refractivity contribution in [3.8, 4) is 0 Å². The number of hydrogen-bond acceptors (Lipinski definition) is 1. The lowest BCUT2D eigenvalue weighted by atomic mass is 9.80. The summed E-state index contributed by atoms with van der Waals surface area (Å²) in [5, 5.41) is 0. The molecule has 0 amide bonds. The highest BCUT2D eigenvalue weighted by atomic mass is 15.1. The predicted molar refractivity (Wildman–Crippen MR) is 79.7 cm³/mol. The maximum absolute atomic E-state index is 2.79. The van der Waals surface area contributed by atoms with Crippen molar-refractivity contribution in [3.05, 3.63) is 0 Å². The Bertz CT molecular complexity index is 265. The molecule has 0 bridgehead atoms. The zero-order chi connectivity index (χ0) is 13.3. The van der Waals surface area contributed by atoms with Crippen molar-refractivity contribution in [2.24, 2.45) is 29.1 Å². The molecule has 1 nitrogen and oxygen atoms in total. The number of likely N-dealkylation sites (tertiary alicyclic amines) is 1. The standard InChI is InChI=1S/C17H33N/c1-13(2)15(5)17(8-9-17)12-18-10-6-7-16(11-18)14(3)4/h13-16H,6-12H2,1-5H3. The van der Waals surface area contributed by atoms with Gasteiger partial charge in [-0.15, -0.1) is 0 Å². The van der Waals surface area contributed by atoms with Gasteiger partial charge >= 0.3 is 0 Å². The average Bonchev–Trinajstić information content (AvgIpc) is 3.09. The van der Waals surface area contributed by atoms with Gasteiger partial charge in [-0.25, -0.2) is 0 Å². The molecule has 0 aromatic rings. The van der Waals surface area contributed by atoms with Crippen molar-refractivity contribution in [1.29, 1.82) is 0 Å². The fourth-order valence-electron chi connectivity index (χ4n) is 3.85. The molecule has 0 N–H and O–H groups in total. The third kappa shape index (κ3) is 3.10. The van der Waals surface area contributed by atoms with Crippen LogP contribution in [0.4, 0.5) is 0 Å². The predicted octanol–water partition coefficient (Wildman–Crippen LogP) is 4.43. The highest BCUT2D eigenvalue weighted by Gasteiger charge is 2.49. The Kier molecular flexibility index (Phi) is 4.41. The highest BCUT2D eigenvalue weighted by molar-refractivity contribution is 5.00. The van der Waals surface area contributed by atoms with Gasteiger partial charge in [0.1, 0.15) is 0 Å². The molecule has 1 saturated carbocycles. The first-order chi connectivity index (χ1) is 8.44. The summed E-state index contributed by atoms with van der Waals surface area (Å²) in [6.07, 6.45) is 5.85. The van der Waals surface area contributed by atoms with Crippen molar-refractivity contribution in [2.75, 3.05) is 19.6 Å². The van der Waals surface area contributed by atoms with E-state index in [1.165, 1.54) is 45.3 Å². The van der Waals surface area contributed by atoms with Crippen molar-refractivity contribution in [2.45, 2.75) is 60.3 Å². The maximum atomic E-state index is 2.79. The van der Waals surface area contributed by atoms with Gasteiger partial charge in [0.2, 0.25) is 0 Å². The van der Waals surface area contributed by atoms with Crippen LogP contribution in [0.1, 0.15) is 60.3 Å². The number of nitrogens with zero attached hydrogens (tertiary/aromatic N) is 1. The molecule has 2 fully saturated rings. The van der Waals surface area contributed by atoms with E-state index in [2.05, 4.69) is 39.5 Å². The highest BCUT2D eigenvalue weighted by Crippen LogP contribution is 2.55. The third-order valence-corrected chi connectivity index (χ3v) is 5.88. The number of rotatable bonds is 5. The zero-order valence-corrected chi connectivity index (χ0v) is 13.2. The van der Waals surface area contributed by atoms with Gasteiger partial charge in [0, 0.05) is 13.1 Å². The van der Waals surface area contributed by atoms with E-state index in [-0.39, 0.29) is 0 Å². The van der Waals surface area contributed by atoms with E-state index in [0.717, 1.165) is 23.7 Å². The molecule has 0 spiro atoms. The largest absolute Gasteiger partial charge is 0.302 e. The summed E-state index contributed by atoms with van der Waals surface area (Å²) in [5.41, 5.74) is 0.688. The minimum atomic E-state index is 0.688. The van der Waals surface area contributed by atoms with Crippen molar-refractivity contribution in [1.82, 2.24) is 4.90 Å². The van der Waals surface area contributed by atoms with E-state index >= 15 is 0 Å². The zero-order valence-electron chi connectivity index (χ0n) is 13.2. The normalized spacial score (nSPS) is 29.8. The van der Waals surface area contributed by atoms with Crippen LogP contribution >= 0.6 is 0 Å². The van der Waals surface area contributed by atoms with Gasteiger partial charge in [-0.2, -0.15) is 0 Å². The lowest BCUT2D eigenvalue weighted by Gasteiger charge is -2.39. The van der Waals surface area contributed by atoms with Gasteiger partial charge < -0.3 is 4.90 Å². The molecular weight excluding hydrogens is 218 g/mol. The molecule has 1 heterocycles. The number of hydrogen-bond donors (Lipinski definition) is 0. The minimum absolute atomic E-state index is 0.688. The van der Waals surface area contributed by atoms with Crippen LogP contribution in [0.25, 0.3) is 0 Å². The molecule has 0 aromatic carbocycles. The summed E-state index contributed by atoms with van der Waals surface area (Å²) in [5.74, 6) is 3.56. The van der Waals surface area contributed by atoms with E-state index < -0.39 is 0 Å². The monoisotopic (exact) mass is 251 g/mol. The molecule has 1 saturated heterocycles. The molecule has 2 atom stereocenters. The SMILES string of the molecule is CC(C)C1CCCN(CC2(C(C)C(C)C)CC2)C1. The maximum Gasteiger partial charge on any atom is 0.00407 e. The first-order valence-corrected chi connectivity index (χ1v) is 8.17. The van der Waals surface area contributed by atoms with Crippen LogP contribution in [0.5, 0.6) is 0 Å². The van der Waals surface area contributed by atoms with E-state index in [4.69, 9.17) is 0 Å². The summed E-state index contributed by atoms with van der Waals surface area (Å²) in [6, 6.07) is 0. The Labute approximate surface area is 114 Å². The first kappa shape index (κ1) is 14.4. The van der Waals surface area contributed by atoms with Crippen LogP contribution in [0.3, 0.4) is 0 Å². The Balaban J connectivity index is 1.89. The molecule has 0 radical (unpaired) electrons. The Morgan fingerprint density at radius 3 is 2.28 bits per heavy atom. The Morgan fingerprint density at radius 1 is 1.11 bits per heavy atom. The van der Waals surface area contributed by atoms with Crippen LogP contribution in [0, 0.1) is 29.1 Å². The fraction of sp³-hybridized carbons (Fsp3) is 1.00. The lowest BCUT2D eigenvalue weighted by molar-refractivity contribution is 0.0953. The topological polar surface area (TPSA) is 3.24 Å². The van der Waals surface area contributed by atoms with E-state index in [1.54, 1.807) is 0 Å². The van der Waals surface area contributed by atoms with Crippen LogP contribution < -0.4 is 0 Å². The van der Waals surface area contributed by atoms with Gasteiger partial charge in [0.05, 0.1) is 0 Å². The second-order valence-corrected chi connectivity index (χ2v) is 7.78. The molecular formula is C17H33N. The molecule has 1 heteroatoms. The van der Waals surface area contributed by atoms with E-state index in [9.17, 15) is 0 Å². The van der Waals surface area contributed by atoms with Crippen LogP contribution in [-0.4, -0.2) is 24.5 Å². The molecule has 2 aliphatic rings. The van der Waals surface area contributed by atoms with E-state index in [1.807, 2.05) is 0 Å².